The van der Waals surface area contributed by atoms with E-state index >= 15 is 0 Å². The van der Waals surface area contributed by atoms with Gasteiger partial charge in [0.25, 0.3) is 0 Å². The molecule has 10 heteroatoms. The fourth-order valence-corrected chi connectivity index (χ4v) is 9.17. The molecule has 0 heterocycles. The number of esters is 2. The third-order valence-corrected chi connectivity index (χ3v) is 11.3. The normalized spacial score (nSPS) is 34.9. The Hall–Kier alpha value is -3.37. The Morgan fingerprint density at radius 2 is 1.73 bits per heavy atom. The van der Waals surface area contributed by atoms with Gasteiger partial charge in [-0.05, 0) is 85.5 Å². The first-order chi connectivity index (χ1) is 20.7. The number of rotatable bonds is 9. The maximum absolute atomic E-state index is 13.6. The highest BCUT2D eigenvalue weighted by Gasteiger charge is 2.68. The molecule has 8 atom stereocenters. The first kappa shape index (κ1) is 32.0. The minimum atomic E-state index is -1.78. The van der Waals surface area contributed by atoms with E-state index in [1.54, 1.807) is 18.2 Å². The van der Waals surface area contributed by atoms with Crippen LogP contribution < -0.4 is 4.74 Å². The summed E-state index contributed by atoms with van der Waals surface area (Å²) in [5, 5.41) is 32.9. The number of ketones is 2. The smallest absolute Gasteiger partial charge is 0.308 e. The lowest BCUT2D eigenvalue weighted by atomic mass is 9.45. The number of carboxylic acid groups (broad SMARTS) is 1. The van der Waals surface area contributed by atoms with Crippen LogP contribution in [0, 0.1) is 28.6 Å². The number of ether oxygens (including phenoxy) is 2. The van der Waals surface area contributed by atoms with Crippen molar-refractivity contribution in [2.24, 2.45) is 28.6 Å². The van der Waals surface area contributed by atoms with Crippen molar-refractivity contribution < 1.29 is 48.8 Å². The van der Waals surface area contributed by atoms with Crippen molar-refractivity contribution in [2.45, 2.75) is 96.2 Å². The first-order valence-corrected chi connectivity index (χ1v) is 15.5. The molecule has 4 aliphatic rings. The van der Waals surface area contributed by atoms with Crippen molar-refractivity contribution in [3.05, 3.63) is 41.5 Å². The molecule has 3 N–H and O–H groups in total. The van der Waals surface area contributed by atoms with Gasteiger partial charge < -0.3 is 24.8 Å². The highest BCUT2D eigenvalue weighted by atomic mass is 16.5. The van der Waals surface area contributed by atoms with E-state index in [4.69, 9.17) is 9.47 Å². The van der Waals surface area contributed by atoms with Crippen LogP contribution in [0.2, 0.25) is 0 Å². The molecule has 0 amide bonds. The lowest BCUT2D eigenvalue weighted by molar-refractivity contribution is -0.184. The van der Waals surface area contributed by atoms with Crippen molar-refractivity contribution >= 4 is 29.5 Å². The van der Waals surface area contributed by atoms with E-state index in [-0.39, 0.29) is 60.4 Å². The van der Waals surface area contributed by atoms with Crippen LogP contribution in [-0.2, 0) is 28.7 Å². The summed E-state index contributed by atoms with van der Waals surface area (Å²) in [5.74, 6) is -3.31. The molecule has 0 spiro atoms. The molecule has 238 valence electrons. The Bertz CT molecular complexity index is 1380. The minimum Gasteiger partial charge on any atom is -0.481 e. The van der Waals surface area contributed by atoms with Crippen LogP contribution in [0.4, 0.5) is 0 Å². The largest absolute Gasteiger partial charge is 0.481 e. The molecular weight excluding hydrogens is 568 g/mol. The van der Waals surface area contributed by atoms with Crippen LogP contribution in [0.5, 0.6) is 5.75 Å². The van der Waals surface area contributed by atoms with E-state index in [1.807, 2.05) is 6.92 Å². The third kappa shape index (κ3) is 5.62. The number of aliphatic carboxylic acids is 1. The van der Waals surface area contributed by atoms with Gasteiger partial charge in [-0.25, -0.2) is 0 Å². The number of carbonyl (C=O) groups is 5. The molecule has 1 aromatic carbocycles. The standard InChI is InChI=1S/C34H42O10/c1-19(35)44-24-7-4-20(5-8-24)21(14-29(39)40)15-30(41)43-18-28(38)34(42)13-11-26-25-9-6-22-16-23(36)10-12-32(22,2)31(25)27(37)17-33(26,34)3/h4-5,7-8,16,21,25-27,31,37,42H,6,9-15,17-18H2,1-3H3,(H,39,40)/t21?,25-,26-,27-,31+,32-,33-,34-/m0/s1. The molecule has 0 aliphatic heterocycles. The summed E-state index contributed by atoms with van der Waals surface area (Å²) in [6.07, 6.45) is 4.09. The maximum Gasteiger partial charge on any atom is 0.308 e. The topological polar surface area (TPSA) is 165 Å². The van der Waals surface area contributed by atoms with Crippen molar-refractivity contribution in [1.29, 1.82) is 0 Å². The van der Waals surface area contributed by atoms with E-state index < -0.39 is 53.3 Å². The second-order valence-electron chi connectivity index (χ2n) is 13.7. The number of aliphatic hydroxyl groups excluding tert-OH is 1. The van der Waals surface area contributed by atoms with Gasteiger partial charge in [0.2, 0.25) is 5.78 Å². The van der Waals surface area contributed by atoms with Gasteiger partial charge in [0.15, 0.2) is 12.4 Å². The zero-order valence-corrected chi connectivity index (χ0v) is 25.5. The maximum atomic E-state index is 13.6. The average Bonchev–Trinajstić information content (AvgIpc) is 3.22. The Labute approximate surface area is 256 Å². The van der Waals surface area contributed by atoms with E-state index in [9.17, 15) is 39.3 Å². The summed E-state index contributed by atoms with van der Waals surface area (Å²) < 4.78 is 10.3. The molecule has 0 saturated heterocycles. The highest BCUT2D eigenvalue weighted by Crippen LogP contribution is 2.67. The number of carboxylic acids is 1. The quantitative estimate of drug-likeness (QED) is 0.276. The van der Waals surface area contributed by atoms with Crippen LogP contribution in [0.25, 0.3) is 0 Å². The molecule has 0 aromatic heterocycles. The van der Waals surface area contributed by atoms with Crippen LogP contribution in [0.3, 0.4) is 0 Å². The number of fused-ring (bicyclic) bond motifs is 5. The molecule has 1 aromatic rings. The number of aliphatic hydroxyl groups is 2. The van der Waals surface area contributed by atoms with Crippen molar-refractivity contribution in [3.63, 3.8) is 0 Å². The zero-order valence-electron chi connectivity index (χ0n) is 25.5. The van der Waals surface area contributed by atoms with Gasteiger partial charge in [-0.3, -0.25) is 24.0 Å². The van der Waals surface area contributed by atoms with E-state index in [0.29, 0.717) is 24.8 Å². The molecule has 1 unspecified atom stereocenters. The fourth-order valence-electron chi connectivity index (χ4n) is 9.17. The SMILES string of the molecule is CC(=O)Oc1ccc(C(CC(=O)O)CC(=O)OCC(=O)[C@@]2(O)CC[C@H]3[C@@H]4CCC5=CC(=O)CC[C@]5(C)[C@H]4[C@@H](O)C[C@@]32C)cc1. The number of hydrogen-bond acceptors (Lipinski definition) is 9. The van der Waals surface area contributed by atoms with Crippen molar-refractivity contribution in [2.75, 3.05) is 6.61 Å². The minimum absolute atomic E-state index is 0.00791. The van der Waals surface area contributed by atoms with Crippen molar-refractivity contribution in [1.82, 2.24) is 0 Å². The number of hydrogen-bond donors (Lipinski definition) is 3. The molecule has 10 nitrogen and oxygen atoms in total. The van der Waals surface area contributed by atoms with Crippen LogP contribution >= 0.6 is 0 Å². The molecule has 3 saturated carbocycles. The van der Waals surface area contributed by atoms with Gasteiger partial charge in [0.05, 0.1) is 18.9 Å². The number of Topliss-reactive ketones (excluding diaryl/α,β-unsaturated/α-hetero) is 1. The average molecular weight is 611 g/mol. The predicted octanol–water partition coefficient (Wildman–Crippen LogP) is 3.91. The second kappa shape index (κ2) is 11.9. The van der Waals surface area contributed by atoms with Crippen LogP contribution in [0.15, 0.2) is 35.9 Å². The molecule has 4 aliphatic carbocycles. The first-order valence-electron chi connectivity index (χ1n) is 15.5. The molecule has 0 bridgehead atoms. The molecule has 44 heavy (non-hydrogen) atoms. The molecule has 3 fully saturated rings. The van der Waals surface area contributed by atoms with Gasteiger partial charge in [-0.2, -0.15) is 0 Å². The van der Waals surface area contributed by atoms with Gasteiger partial charge in [-0.1, -0.05) is 31.6 Å². The molecule has 0 radical (unpaired) electrons. The van der Waals surface area contributed by atoms with Gasteiger partial charge in [-0.15, -0.1) is 0 Å². The van der Waals surface area contributed by atoms with Crippen molar-refractivity contribution in [3.8, 4) is 5.75 Å². The number of benzene rings is 1. The lowest BCUT2D eigenvalue weighted by Gasteiger charge is -2.60. The van der Waals surface area contributed by atoms with Crippen LogP contribution in [0.1, 0.15) is 90.0 Å². The summed E-state index contributed by atoms with van der Waals surface area (Å²) in [6, 6.07) is 6.16. The zero-order chi connectivity index (χ0) is 32.0. The van der Waals surface area contributed by atoms with E-state index in [2.05, 4.69) is 6.92 Å². The van der Waals surface area contributed by atoms with E-state index in [1.165, 1.54) is 19.1 Å². The second-order valence-corrected chi connectivity index (χ2v) is 13.7. The van der Waals surface area contributed by atoms with Gasteiger partial charge >= 0.3 is 17.9 Å². The number of allylic oxidation sites excluding steroid dienone is 1. The van der Waals surface area contributed by atoms with Gasteiger partial charge in [0.1, 0.15) is 11.4 Å². The summed E-state index contributed by atoms with van der Waals surface area (Å²) in [5.41, 5.74) is -1.34. The summed E-state index contributed by atoms with van der Waals surface area (Å²) in [6.45, 7) is 4.62. The summed E-state index contributed by atoms with van der Waals surface area (Å²) in [4.78, 5) is 61.3. The summed E-state index contributed by atoms with van der Waals surface area (Å²) in [7, 11) is 0. The predicted molar refractivity (Wildman–Crippen MR) is 156 cm³/mol. The summed E-state index contributed by atoms with van der Waals surface area (Å²) >= 11 is 0. The Balaban J connectivity index is 1.26. The monoisotopic (exact) mass is 610 g/mol. The third-order valence-electron chi connectivity index (χ3n) is 11.3. The lowest BCUT2D eigenvalue weighted by Crippen LogP contribution is -2.62. The van der Waals surface area contributed by atoms with E-state index in [0.717, 1.165) is 18.4 Å². The molecular formula is C34H42O10. The van der Waals surface area contributed by atoms with Gasteiger partial charge in [0, 0.05) is 24.7 Å². The Morgan fingerprint density at radius 1 is 1.02 bits per heavy atom. The Morgan fingerprint density at radius 3 is 2.39 bits per heavy atom. The number of carbonyl (C=O) groups excluding carboxylic acids is 4. The van der Waals surface area contributed by atoms with Crippen LogP contribution in [-0.4, -0.2) is 63.1 Å². The molecule has 5 rings (SSSR count). The Kier molecular flexibility index (Phi) is 8.63. The fraction of sp³-hybridized carbons (Fsp3) is 0.618. The highest BCUT2D eigenvalue weighted by molar-refractivity contribution is 5.92.